The summed E-state index contributed by atoms with van der Waals surface area (Å²) in [5.74, 6) is 0.567. The number of anilines is 1. The normalized spacial score (nSPS) is 16.0. The van der Waals surface area contributed by atoms with E-state index in [0.29, 0.717) is 11.0 Å². The Bertz CT molecular complexity index is 671. The summed E-state index contributed by atoms with van der Waals surface area (Å²) in [4.78, 5) is 11.3. The Labute approximate surface area is 120 Å². The lowest BCUT2D eigenvalue weighted by Crippen LogP contribution is -2.02. The SMILES string of the molecule is C[C@@H](C#N)Sc1nc(N)c2c3c(sc2n1)CCCC3. The molecule has 2 N–H and O–H groups in total. The number of hydrogen-bond donors (Lipinski definition) is 1. The van der Waals surface area contributed by atoms with Crippen molar-refractivity contribution < 1.29 is 0 Å². The predicted octanol–water partition coefficient (Wildman–Crippen LogP) is 3.16. The smallest absolute Gasteiger partial charge is 0.192 e. The van der Waals surface area contributed by atoms with E-state index in [9.17, 15) is 0 Å². The van der Waals surface area contributed by atoms with Crippen molar-refractivity contribution in [2.75, 3.05) is 5.73 Å². The second-order valence-corrected chi connectivity index (χ2v) is 7.06. The first-order valence-corrected chi connectivity index (χ1v) is 8.02. The number of aromatic nitrogens is 2. The Morgan fingerprint density at radius 3 is 2.95 bits per heavy atom. The summed E-state index contributed by atoms with van der Waals surface area (Å²) in [6, 6.07) is 2.18. The number of nitrogens with zero attached hydrogens (tertiary/aromatic N) is 3. The summed E-state index contributed by atoms with van der Waals surface area (Å²) in [7, 11) is 0. The van der Waals surface area contributed by atoms with Crippen LogP contribution in [0, 0.1) is 11.3 Å². The van der Waals surface area contributed by atoms with Crippen molar-refractivity contribution in [1.29, 1.82) is 5.26 Å². The number of hydrogen-bond acceptors (Lipinski definition) is 6. The molecule has 0 amide bonds. The molecule has 2 aromatic heterocycles. The second kappa shape index (κ2) is 4.99. The van der Waals surface area contributed by atoms with Gasteiger partial charge in [-0.3, -0.25) is 0 Å². The van der Waals surface area contributed by atoms with Crippen molar-refractivity contribution in [1.82, 2.24) is 9.97 Å². The van der Waals surface area contributed by atoms with Crippen LogP contribution >= 0.6 is 23.1 Å². The fraction of sp³-hybridized carbons (Fsp3) is 0.462. The van der Waals surface area contributed by atoms with Crippen LogP contribution in [0.4, 0.5) is 5.82 Å². The number of nitrogen functional groups attached to an aromatic ring is 1. The third kappa shape index (κ3) is 2.28. The zero-order chi connectivity index (χ0) is 13.4. The number of aryl methyl sites for hydroxylation is 2. The van der Waals surface area contributed by atoms with E-state index in [1.807, 2.05) is 6.92 Å². The van der Waals surface area contributed by atoms with E-state index < -0.39 is 0 Å². The van der Waals surface area contributed by atoms with E-state index in [2.05, 4.69) is 16.0 Å². The summed E-state index contributed by atoms with van der Waals surface area (Å²) < 4.78 is 0. The summed E-state index contributed by atoms with van der Waals surface area (Å²) in [6.07, 6.45) is 4.69. The maximum absolute atomic E-state index is 8.86. The molecule has 3 rings (SSSR count). The Hall–Kier alpha value is -1.32. The minimum absolute atomic E-state index is 0.161. The molecule has 1 atom stereocenters. The first-order valence-electron chi connectivity index (χ1n) is 6.33. The van der Waals surface area contributed by atoms with E-state index in [1.54, 1.807) is 11.3 Å². The quantitative estimate of drug-likeness (QED) is 0.679. The molecule has 0 bridgehead atoms. The number of thiophene rings is 1. The zero-order valence-electron chi connectivity index (χ0n) is 10.6. The molecule has 0 aromatic carbocycles. The van der Waals surface area contributed by atoms with Gasteiger partial charge in [0.1, 0.15) is 10.6 Å². The van der Waals surface area contributed by atoms with Crippen LogP contribution in [0.15, 0.2) is 5.16 Å². The first-order chi connectivity index (χ1) is 9.19. The van der Waals surface area contributed by atoms with E-state index in [-0.39, 0.29) is 5.25 Å². The summed E-state index contributed by atoms with van der Waals surface area (Å²) in [5, 5.41) is 10.4. The topological polar surface area (TPSA) is 75.6 Å². The summed E-state index contributed by atoms with van der Waals surface area (Å²) >= 11 is 3.10. The van der Waals surface area contributed by atoms with E-state index in [0.717, 1.165) is 23.1 Å². The van der Waals surface area contributed by atoms with Gasteiger partial charge < -0.3 is 5.73 Å². The van der Waals surface area contributed by atoms with Gasteiger partial charge in [-0.25, -0.2) is 9.97 Å². The van der Waals surface area contributed by atoms with Crippen molar-refractivity contribution in [3.63, 3.8) is 0 Å². The van der Waals surface area contributed by atoms with Crippen molar-refractivity contribution in [2.24, 2.45) is 0 Å². The van der Waals surface area contributed by atoms with Gasteiger partial charge in [0.05, 0.1) is 16.7 Å². The molecule has 2 aromatic rings. The fourth-order valence-corrected chi connectivity index (χ4v) is 4.39. The van der Waals surface area contributed by atoms with Crippen molar-refractivity contribution in [3.8, 4) is 6.07 Å². The van der Waals surface area contributed by atoms with Gasteiger partial charge in [-0.1, -0.05) is 11.8 Å². The minimum atomic E-state index is -0.161. The van der Waals surface area contributed by atoms with Gasteiger partial charge in [0.25, 0.3) is 0 Å². The number of rotatable bonds is 2. The highest BCUT2D eigenvalue weighted by Gasteiger charge is 2.20. The van der Waals surface area contributed by atoms with Gasteiger partial charge in [-0.2, -0.15) is 5.26 Å². The van der Waals surface area contributed by atoms with E-state index in [1.165, 1.54) is 35.0 Å². The van der Waals surface area contributed by atoms with Crippen LogP contribution in [-0.2, 0) is 12.8 Å². The van der Waals surface area contributed by atoms with Crippen LogP contribution in [0.5, 0.6) is 0 Å². The molecule has 98 valence electrons. The molecule has 0 spiro atoms. The van der Waals surface area contributed by atoms with Crippen LogP contribution in [-0.4, -0.2) is 15.2 Å². The predicted molar refractivity (Wildman–Crippen MR) is 79.4 cm³/mol. The highest BCUT2D eigenvalue weighted by molar-refractivity contribution is 8.00. The average molecular weight is 290 g/mol. The van der Waals surface area contributed by atoms with Crippen molar-refractivity contribution >= 4 is 39.1 Å². The Balaban J connectivity index is 2.09. The molecule has 0 saturated carbocycles. The molecule has 0 aliphatic heterocycles. The van der Waals surface area contributed by atoms with Crippen molar-refractivity contribution in [2.45, 2.75) is 43.0 Å². The van der Waals surface area contributed by atoms with Crippen LogP contribution in [0.25, 0.3) is 10.2 Å². The number of nitrogens with two attached hydrogens (primary N) is 1. The second-order valence-electron chi connectivity index (χ2n) is 4.67. The van der Waals surface area contributed by atoms with E-state index >= 15 is 0 Å². The Morgan fingerprint density at radius 1 is 1.37 bits per heavy atom. The lowest BCUT2D eigenvalue weighted by Gasteiger charge is -2.10. The molecule has 0 saturated heterocycles. The van der Waals surface area contributed by atoms with Crippen molar-refractivity contribution in [3.05, 3.63) is 10.4 Å². The largest absolute Gasteiger partial charge is 0.383 e. The average Bonchev–Trinajstić information content (AvgIpc) is 2.76. The third-order valence-electron chi connectivity index (χ3n) is 3.29. The lowest BCUT2D eigenvalue weighted by molar-refractivity contribution is 0.700. The summed E-state index contributed by atoms with van der Waals surface area (Å²) in [6.45, 7) is 1.84. The minimum Gasteiger partial charge on any atom is -0.383 e. The molecule has 1 aliphatic rings. The van der Waals surface area contributed by atoms with Gasteiger partial charge >= 0.3 is 0 Å². The fourth-order valence-electron chi connectivity index (χ4n) is 2.40. The first kappa shape index (κ1) is 12.7. The molecule has 0 unspecified atom stereocenters. The number of thioether (sulfide) groups is 1. The molecule has 6 heteroatoms. The maximum atomic E-state index is 8.86. The van der Waals surface area contributed by atoms with Gasteiger partial charge in [0.2, 0.25) is 0 Å². The number of fused-ring (bicyclic) bond motifs is 3. The Kier molecular flexibility index (Phi) is 3.33. The van der Waals surface area contributed by atoms with Crippen LogP contribution in [0.1, 0.15) is 30.2 Å². The van der Waals surface area contributed by atoms with E-state index in [4.69, 9.17) is 11.0 Å². The van der Waals surface area contributed by atoms with Gasteiger partial charge in [0.15, 0.2) is 5.16 Å². The molecular formula is C13H14N4S2. The van der Waals surface area contributed by atoms with Crippen LogP contribution < -0.4 is 5.73 Å². The third-order valence-corrected chi connectivity index (χ3v) is 5.32. The molecule has 1 aliphatic carbocycles. The monoisotopic (exact) mass is 290 g/mol. The lowest BCUT2D eigenvalue weighted by atomic mass is 9.97. The molecular weight excluding hydrogens is 276 g/mol. The Morgan fingerprint density at radius 2 is 2.16 bits per heavy atom. The van der Waals surface area contributed by atoms with Gasteiger partial charge in [0, 0.05) is 4.88 Å². The number of nitriles is 1. The molecule has 4 nitrogen and oxygen atoms in total. The van der Waals surface area contributed by atoms with Gasteiger partial charge in [-0.05, 0) is 38.2 Å². The van der Waals surface area contributed by atoms with Crippen LogP contribution in [0.2, 0.25) is 0 Å². The van der Waals surface area contributed by atoms with Gasteiger partial charge in [-0.15, -0.1) is 11.3 Å². The molecule has 19 heavy (non-hydrogen) atoms. The van der Waals surface area contributed by atoms with Crippen LogP contribution in [0.3, 0.4) is 0 Å². The molecule has 0 radical (unpaired) electrons. The standard InChI is InChI=1S/C13H14N4S2/c1-7(6-14)18-13-16-11(15)10-8-4-2-3-5-9(8)19-12(10)17-13/h7H,2-5H2,1H3,(H2,15,16,17)/t7-/m0/s1. The summed E-state index contributed by atoms with van der Waals surface area (Å²) in [5.41, 5.74) is 7.46. The highest BCUT2D eigenvalue weighted by Crippen LogP contribution is 2.38. The zero-order valence-corrected chi connectivity index (χ0v) is 12.3. The highest BCUT2D eigenvalue weighted by atomic mass is 32.2. The molecule has 0 fully saturated rings. The molecule has 2 heterocycles. The maximum Gasteiger partial charge on any atom is 0.192 e.